The van der Waals surface area contributed by atoms with Gasteiger partial charge in [-0.3, -0.25) is 9.89 Å². The molecule has 156 valence electrons. The van der Waals surface area contributed by atoms with Crippen LogP contribution in [0.2, 0.25) is 0 Å². The Morgan fingerprint density at radius 1 is 1.03 bits per heavy atom. The maximum Gasteiger partial charge on any atom is 0.191 e. The molecule has 7 nitrogen and oxygen atoms in total. The maximum atomic E-state index is 5.92. The van der Waals surface area contributed by atoms with Crippen LogP contribution in [0.25, 0.3) is 0 Å². The summed E-state index contributed by atoms with van der Waals surface area (Å²) in [5, 5.41) is 6.71. The second kappa shape index (κ2) is 11.3. The fourth-order valence-electron chi connectivity index (χ4n) is 3.07. The lowest BCUT2D eigenvalue weighted by Crippen LogP contribution is -2.44. The first kappa shape index (κ1) is 21.0. The van der Waals surface area contributed by atoms with Crippen molar-refractivity contribution in [2.24, 2.45) is 4.99 Å². The van der Waals surface area contributed by atoms with Crippen LogP contribution < -0.4 is 20.1 Å². The minimum absolute atomic E-state index is 0.687. The molecular formula is C22H30N4O3. The third-order valence-corrected chi connectivity index (χ3v) is 4.73. The molecule has 2 aromatic carbocycles. The lowest BCUT2D eigenvalue weighted by Gasteiger charge is -2.26. The summed E-state index contributed by atoms with van der Waals surface area (Å²) in [4.78, 5) is 6.68. The van der Waals surface area contributed by atoms with E-state index >= 15 is 0 Å². The molecular weight excluding hydrogens is 368 g/mol. The molecule has 1 fully saturated rings. The van der Waals surface area contributed by atoms with Crippen molar-refractivity contribution >= 4 is 5.96 Å². The Hall–Kier alpha value is -2.77. The summed E-state index contributed by atoms with van der Waals surface area (Å²) in [6.45, 7) is 6.16. The zero-order chi connectivity index (χ0) is 20.3. The van der Waals surface area contributed by atoms with Gasteiger partial charge in [0.15, 0.2) is 17.5 Å². The molecule has 0 atom stereocenters. The fraction of sp³-hybridized carbons (Fsp3) is 0.409. The van der Waals surface area contributed by atoms with Crippen LogP contribution in [0.3, 0.4) is 0 Å². The molecule has 1 aliphatic heterocycles. The van der Waals surface area contributed by atoms with Gasteiger partial charge in [-0.2, -0.15) is 0 Å². The van der Waals surface area contributed by atoms with Crippen molar-refractivity contribution in [3.8, 4) is 17.2 Å². The number of morpholine rings is 1. The van der Waals surface area contributed by atoms with Crippen LogP contribution >= 0.6 is 0 Å². The normalized spacial score (nSPS) is 15.0. The first-order chi connectivity index (χ1) is 14.3. The van der Waals surface area contributed by atoms with E-state index in [4.69, 9.17) is 14.2 Å². The SMILES string of the molecule is CN=C(NCCN1CCOCC1)NCc1ccc(Oc2ccccc2OC)cc1. The average Bonchev–Trinajstić information content (AvgIpc) is 2.78. The third-order valence-electron chi connectivity index (χ3n) is 4.73. The monoisotopic (exact) mass is 398 g/mol. The molecule has 0 radical (unpaired) electrons. The largest absolute Gasteiger partial charge is 0.493 e. The van der Waals surface area contributed by atoms with Crippen LogP contribution in [-0.2, 0) is 11.3 Å². The van der Waals surface area contributed by atoms with Crippen molar-refractivity contribution in [1.82, 2.24) is 15.5 Å². The second-order valence-electron chi connectivity index (χ2n) is 6.70. The number of nitrogens with zero attached hydrogens (tertiary/aromatic N) is 2. The van der Waals surface area contributed by atoms with Crippen molar-refractivity contribution in [1.29, 1.82) is 0 Å². The van der Waals surface area contributed by atoms with E-state index in [1.807, 2.05) is 48.5 Å². The van der Waals surface area contributed by atoms with Gasteiger partial charge in [-0.15, -0.1) is 0 Å². The van der Waals surface area contributed by atoms with E-state index in [1.54, 1.807) is 14.2 Å². The number of aliphatic imine (C=N–C) groups is 1. The highest BCUT2D eigenvalue weighted by molar-refractivity contribution is 5.79. The van der Waals surface area contributed by atoms with Gasteiger partial charge in [0.1, 0.15) is 5.75 Å². The molecule has 29 heavy (non-hydrogen) atoms. The van der Waals surface area contributed by atoms with Gasteiger partial charge in [0.2, 0.25) is 0 Å². The average molecular weight is 399 g/mol. The van der Waals surface area contributed by atoms with E-state index in [-0.39, 0.29) is 0 Å². The topological polar surface area (TPSA) is 67.4 Å². The van der Waals surface area contributed by atoms with Gasteiger partial charge in [-0.1, -0.05) is 24.3 Å². The number of hydrogen-bond donors (Lipinski definition) is 2. The van der Waals surface area contributed by atoms with Crippen molar-refractivity contribution in [3.05, 3.63) is 54.1 Å². The number of hydrogen-bond acceptors (Lipinski definition) is 5. The van der Waals surface area contributed by atoms with E-state index in [9.17, 15) is 0 Å². The zero-order valence-corrected chi connectivity index (χ0v) is 17.2. The summed E-state index contributed by atoms with van der Waals surface area (Å²) in [6, 6.07) is 15.6. The molecule has 2 N–H and O–H groups in total. The Morgan fingerprint density at radius 2 is 1.76 bits per heavy atom. The van der Waals surface area contributed by atoms with Crippen LogP contribution in [-0.4, -0.2) is 64.4 Å². The maximum absolute atomic E-state index is 5.92. The van der Waals surface area contributed by atoms with Crippen LogP contribution in [0, 0.1) is 0 Å². The first-order valence-corrected chi connectivity index (χ1v) is 9.93. The Morgan fingerprint density at radius 3 is 2.45 bits per heavy atom. The molecule has 0 bridgehead atoms. The number of methoxy groups -OCH3 is 1. The molecule has 0 aliphatic carbocycles. The van der Waals surface area contributed by atoms with Crippen molar-refractivity contribution in [2.45, 2.75) is 6.54 Å². The molecule has 0 saturated carbocycles. The summed E-state index contributed by atoms with van der Waals surface area (Å²) in [6.07, 6.45) is 0. The van der Waals surface area contributed by atoms with Gasteiger partial charge in [0.05, 0.1) is 20.3 Å². The summed E-state index contributed by atoms with van der Waals surface area (Å²) >= 11 is 0. The second-order valence-corrected chi connectivity index (χ2v) is 6.70. The van der Waals surface area contributed by atoms with Crippen molar-refractivity contribution in [2.75, 3.05) is 53.6 Å². The van der Waals surface area contributed by atoms with Crippen LogP contribution in [0.4, 0.5) is 0 Å². The minimum atomic E-state index is 0.687. The minimum Gasteiger partial charge on any atom is -0.493 e. The highest BCUT2D eigenvalue weighted by Crippen LogP contribution is 2.30. The van der Waals surface area contributed by atoms with Gasteiger partial charge in [-0.05, 0) is 29.8 Å². The number of guanidine groups is 1. The van der Waals surface area contributed by atoms with Crippen molar-refractivity contribution in [3.63, 3.8) is 0 Å². The van der Waals surface area contributed by atoms with Crippen molar-refractivity contribution < 1.29 is 14.2 Å². The number of rotatable bonds is 8. The first-order valence-electron chi connectivity index (χ1n) is 9.93. The molecule has 0 aromatic heterocycles. The quantitative estimate of drug-likeness (QED) is 0.526. The highest BCUT2D eigenvalue weighted by Gasteiger charge is 2.09. The van der Waals surface area contributed by atoms with Gasteiger partial charge in [0.25, 0.3) is 0 Å². The third kappa shape index (κ3) is 6.66. The fourth-order valence-corrected chi connectivity index (χ4v) is 3.07. The van der Waals surface area contributed by atoms with E-state index in [1.165, 1.54) is 0 Å². The molecule has 1 saturated heterocycles. The highest BCUT2D eigenvalue weighted by atomic mass is 16.5. The number of benzene rings is 2. The summed E-state index contributed by atoms with van der Waals surface area (Å²) in [5.74, 6) is 2.98. The molecule has 3 rings (SSSR count). The lowest BCUT2D eigenvalue weighted by atomic mass is 10.2. The molecule has 1 aliphatic rings. The number of para-hydroxylation sites is 2. The Kier molecular flexibility index (Phi) is 8.15. The summed E-state index contributed by atoms with van der Waals surface area (Å²) in [7, 11) is 3.42. The lowest BCUT2D eigenvalue weighted by molar-refractivity contribution is 0.0389. The van der Waals surface area contributed by atoms with E-state index < -0.39 is 0 Å². The van der Waals surface area contributed by atoms with Gasteiger partial charge >= 0.3 is 0 Å². The Balaban J connectivity index is 1.43. The smallest absolute Gasteiger partial charge is 0.191 e. The van der Waals surface area contributed by atoms with Crippen LogP contribution in [0.15, 0.2) is 53.5 Å². The van der Waals surface area contributed by atoms with Crippen LogP contribution in [0.1, 0.15) is 5.56 Å². The van der Waals surface area contributed by atoms with Crippen LogP contribution in [0.5, 0.6) is 17.2 Å². The standard InChI is InChI=1S/C22H30N4O3/c1-23-22(24-11-12-26-13-15-28-16-14-26)25-17-18-7-9-19(10-8-18)29-21-6-4-3-5-20(21)27-2/h3-10H,11-17H2,1-2H3,(H2,23,24,25). The predicted molar refractivity (Wildman–Crippen MR) is 115 cm³/mol. The van der Waals surface area contributed by atoms with Gasteiger partial charge in [-0.25, -0.2) is 0 Å². The number of nitrogens with one attached hydrogen (secondary N) is 2. The number of ether oxygens (including phenoxy) is 3. The summed E-state index contributed by atoms with van der Waals surface area (Å²) < 4.78 is 16.6. The Labute approximate surface area is 172 Å². The van der Waals surface area contributed by atoms with E-state index in [0.717, 1.165) is 56.7 Å². The molecule has 1 heterocycles. The van der Waals surface area contributed by atoms with E-state index in [0.29, 0.717) is 18.0 Å². The molecule has 0 unspecified atom stereocenters. The van der Waals surface area contributed by atoms with E-state index in [2.05, 4.69) is 20.5 Å². The molecule has 7 heteroatoms. The van der Waals surface area contributed by atoms with Gasteiger partial charge in [0, 0.05) is 39.8 Å². The molecule has 0 spiro atoms. The van der Waals surface area contributed by atoms with Gasteiger partial charge < -0.3 is 24.8 Å². The molecule has 0 amide bonds. The predicted octanol–water partition coefficient (Wildman–Crippen LogP) is 2.48. The molecule has 2 aromatic rings. The summed E-state index contributed by atoms with van der Waals surface area (Å²) in [5.41, 5.74) is 1.15. The Bertz CT molecular complexity index is 774. The zero-order valence-electron chi connectivity index (χ0n) is 17.2.